The number of thioether (sulfide) groups is 1. The topological polar surface area (TPSA) is 126 Å². The van der Waals surface area contributed by atoms with Crippen molar-refractivity contribution in [1.29, 1.82) is 0 Å². The lowest BCUT2D eigenvalue weighted by atomic mass is 9.98. The molecule has 32 heavy (non-hydrogen) atoms. The zero-order valence-corrected chi connectivity index (χ0v) is 17.8. The van der Waals surface area contributed by atoms with Crippen LogP contribution in [-0.2, 0) is 16.1 Å². The van der Waals surface area contributed by atoms with Crippen molar-refractivity contribution in [2.24, 2.45) is 0 Å². The Morgan fingerprint density at radius 3 is 2.41 bits per heavy atom. The van der Waals surface area contributed by atoms with Crippen molar-refractivity contribution in [2.75, 3.05) is 13.4 Å². The fourth-order valence-electron chi connectivity index (χ4n) is 2.94. The van der Waals surface area contributed by atoms with Crippen molar-refractivity contribution >= 4 is 35.2 Å². The van der Waals surface area contributed by atoms with Crippen LogP contribution < -0.4 is 0 Å². The molecule has 0 aliphatic heterocycles. The number of nitro benzene ring substituents is 1. The van der Waals surface area contributed by atoms with E-state index in [2.05, 4.69) is 4.74 Å². The first-order chi connectivity index (χ1) is 15.4. The predicted molar refractivity (Wildman–Crippen MR) is 114 cm³/mol. The normalized spacial score (nSPS) is 10.4. The number of nitrogens with zero attached hydrogens (tertiary/aromatic N) is 1. The van der Waals surface area contributed by atoms with E-state index in [-0.39, 0.29) is 40.3 Å². The van der Waals surface area contributed by atoms with E-state index in [0.717, 1.165) is 0 Å². The molecule has 0 aliphatic rings. The second-order valence-corrected chi connectivity index (χ2v) is 7.19. The van der Waals surface area contributed by atoms with Gasteiger partial charge < -0.3 is 13.9 Å². The standard InChI is InChI=1S/C22H17NO8S/c1-29-21(25)16-9-10-30-18(16)12-31-22(26)15-6-4-3-5-14(15)20(24)13-7-8-19(32-2)17(11-13)23(27)28/h3-11H,12H2,1-2H3. The Kier molecular flexibility index (Phi) is 7.06. The average Bonchev–Trinajstić information content (AvgIpc) is 3.29. The molecule has 0 amide bonds. The SMILES string of the molecule is COC(=O)c1ccoc1COC(=O)c1ccccc1C(=O)c1ccc(SC)c([N+](=O)[O-])c1. The van der Waals surface area contributed by atoms with E-state index in [1.54, 1.807) is 18.4 Å². The zero-order valence-electron chi connectivity index (χ0n) is 17.0. The van der Waals surface area contributed by atoms with Gasteiger partial charge >= 0.3 is 11.9 Å². The van der Waals surface area contributed by atoms with Gasteiger partial charge in [0.15, 0.2) is 18.2 Å². The maximum atomic E-state index is 13.0. The average molecular weight is 455 g/mol. The van der Waals surface area contributed by atoms with E-state index in [4.69, 9.17) is 9.15 Å². The molecule has 0 N–H and O–H groups in total. The molecule has 0 spiro atoms. The van der Waals surface area contributed by atoms with Crippen molar-refractivity contribution < 1.29 is 33.2 Å². The van der Waals surface area contributed by atoms with Crippen LogP contribution in [-0.4, -0.2) is 36.0 Å². The molecule has 0 radical (unpaired) electrons. The summed E-state index contributed by atoms with van der Waals surface area (Å²) in [5.41, 5.74) is -0.0206. The van der Waals surface area contributed by atoms with E-state index < -0.39 is 22.6 Å². The zero-order chi connectivity index (χ0) is 23.3. The molecule has 0 saturated carbocycles. The van der Waals surface area contributed by atoms with E-state index >= 15 is 0 Å². The third-order valence-corrected chi connectivity index (χ3v) is 5.30. The fourth-order valence-corrected chi connectivity index (χ4v) is 3.49. The van der Waals surface area contributed by atoms with Gasteiger partial charge in [0.2, 0.25) is 0 Å². The number of nitro groups is 1. The molecule has 3 aromatic rings. The Labute approximate surface area is 186 Å². The number of esters is 2. The first kappa shape index (κ1) is 22.8. The van der Waals surface area contributed by atoms with Crippen LogP contribution in [0.2, 0.25) is 0 Å². The highest BCUT2D eigenvalue weighted by Gasteiger charge is 2.23. The van der Waals surface area contributed by atoms with Gasteiger partial charge in [0.25, 0.3) is 5.69 Å². The lowest BCUT2D eigenvalue weighted by Crippen LogP contribution is -2.13. The molecule has 1 heterocycles. The minimum Gasteiger partial charge on any atom is -0.465 e. The molecule has 10 heteroatoms. The van der Waals surface area contributed by atoms with Crippen LogP contribution in [0.4, 0.5) is 5.69 Å². The maximum absolute atomic E-state index is 13.0. The summed E-state index contributed by atoms with van der Waals surface area (Å²) in [5, 5.41) is 11.3. The summed E-state index contributed by atoms with van der Waals surface area (Å²) >= 11 is 1.19. The Morgan fingerprint density at radius 2 is 1.75 bits per heavy atom. The smallest absolute Gasteiger partial charge is 0.341 e. The van der Waals surface area contributed by atoms with Gasteiger partial charge in [-0.2, -0.15) is 0 Å². The molecule has 0 saturated heterocycles. The number of hydrogen-bond donors (Lipinski definition) is 0. The Morgan fingerprint density at radius 1 is 1.03 bits per heavy atom. The van der Waals surface area contributed by atoms with Gasteiger partial charge in [-0.05, 0) is 30.5 Å². The summed E-state index contributed by atoms with van der Waals surface area (Å²) in [6, 6.07) is 11.5. The molecular formula is C22H17NO8S. The number of furan rings is 1. The molecule has 2 aromatic carbocycles. The number of ether oxygens (including phenoxy) is 2. The summed E-state index contributed by atoms with van der Waals surface area (Å²) in [6.07, 6.45) is 2.96. The van der Waals surface area contributed by atoms with Gasteiger partial charge in [-0.25, -0.2) is 9.59 Å². The lowest BCUT2D eigenvalue weighted by molar-refractivity contribution is -0.387. The van der Waals surface area contributed by atoms with Crippen molar-refractivity contribution in [1.82, 2.24) is 0 Å². The Hall–Kier alpha value is -3.92. The third-order valence-electron chi connectivity index (χ3n) is 4.51. The number of carbonyl (C=O) groups excluding carboxylic acids is 3. The van der Waals surface area contributed by atoms with Crippen molar-refractivity contribution in [3.8, 4) is 0 Å². The summed E-state index contributed by atoms with van der Waals surface area (Å²) < 4.78 is 15.0. The van der Waals surface area contributed by atoms with Gasteiger partial charge in [-0.1, -0.05) is 18.2 Å². The van der Waals surface area contributed by atoms with Crippen molar-refractivity contribution in [3.05, 3.63) is 92.9 Å². The van der Waals surface area contributed by atoms with Crippen LogP contribution in [0.15, 0.2) is 64.1 Å². The quantitative estimate of drug-likeness (QED) is 0.161. The molecule has 0 bridgehead atoms. The van der Waals surface area contributed by atoms with Gasteiger partial charge in [0.1, 0.15) is 5.56 Å². The first-order valence-corrected chi connectivity index (χ1v) is 10.4. The Bertz CT molecular complexity index is 1200. The van der Waals surface area contributed by atoms with Crippen molar-refractivity contribution in [2.45, 2.75) is 11.5 Å². The highest BCUT2D eigenvalue weighted by Crippen LogP contribution is 2.29. The summed E-state index contributed by atoms with van der Waals surface area (Å²) in [5.74, 6) is -1.94. The molecular weight excluding hydrogens is 438 g/mol. The minimum atomic E-state index is -0.823. The van der Waals surface area contributed by atoms with Gasteiger partial charge in [-0.15, -0.1) is 11.8 Å². The largest absolute Gasteiger partial charge is 0.465 e. The van der Waals surface area contributed by atoms with Gasteiger partial charge in [0.05, 0.1) is 28.8 Å². The minimum absolute atomic E-state index is 0.0244. The summed E-state index contributed by atoms with van der Waals surface area (Å²) in [6.45, 7) is -0.354. The van der Waals surface area contributed by atoms with Crippen LogP contribution in [0.1, 0.15) is 42.4 Å². The Balaban J connectivity index is 1.86. The van der Waals surface area contributed by atoms with Gasteiger partial charge in [0, 0.05) is 17.2 Å². The number of rotatable bonds is 8. The van der Waals surface area contributed by atoms with Crippen LogP contribution in [0.3, 0.4) is 0 Å². The van der Waals surface area contributed by atoms with E-state index in [0.29, 0.717) is 4.90 Å². The fraction of sp³-hybridized carbons (Fsp3) is 0.136. The summed E-state index contributed by atoms with van der Waals surface area (Å²) in [4.78, 5) is 48.6. The molecule has 0 fully saturated rings. The first-order valence-electron chi connectivity index (χ1n) is 9.15. The second kappa shape index (κ2) is 9.92. The van der Waals surface area contributed by atoms with Gasteiger partial charge in [-0.3, -0.25) is 14.9 Å². The number of carbonyl (C=O) groups is 3. The van der Waals surface area contributed by atoms with E-state index in [9.17, 15) is 24.5 Å². The summed E-state index contributed by atoms with van der Waals surface area (Å²) in [7, 11) is 1.21. The predicted octanol–water partition coefficient (Wildman–Crippen LogP) is 4.28. The third kappa shape index (κ3) is 4.70. The van der Waals surface area contributed by atoms with E-state index in [1.165, 1.54) is 61.5 Å². The number of methoxy groups -OCH3 is 1. The molecule has 3 rings (SSSR count). The molecule has 9 nitrogen and oxygen atoms in total. The number of hydrogen-bond acceptors (Lipinski definition) is 9. The maximum Gasteiger partial charge on any atom is 0.341 e. The highest BCUT2D eigenvalue weighted by molar-refractivity contribution is 7.98. The monoisotopic (exact) mass is 455 g/mol. The lowest BCUT2D eigenvalue weighted by Gasteiger charge is -2.09. The van der Waals surface area contributed by atoms with Crippen LogP contribution in [0.25, 0.3) is 0 Å². The number of benzene rings is 2. The number of ketones is 1. The molecule has 0 atom stereocenters. The van der Waals surface area contributed by atoms with Crippen molar-refractivity contribution in [3.63, 3.8) is 0 Å². The van der Waals surface area contributed by atoms with E-state index in [1.807, 2.05) is 0 Å². The van der Waals surface area contributed by atoms with Crippen LogP contribution >= 0.6 is 11.8 Å². The highest BCUT2D eigenvalue weighted by atomic mass is 32.2. The molecule has 1 aromatic heterocycles. The van der Waals surface area contributed by atoms with Crippen LogP contribution in [0, 0.1) is 10.1 Å². The molecule has 164 valence electrons. The second-order valence-electron chi connectivity index (χ2n) is 6.34. The molecule has 0 unspecified atom stereocenters. The molecule has 0 aliphatic carbocycles. The van der Waals surface area contributed by atoms with Crippen LogP contribution in [0.5, 0.6) is 0 Å².